The highest BCUT2D eigenvalue weighted by Gasteiger charge is 2.25. The van der Waals surface area contributed by atoms with Gasteiger partial charge in [0.1, 0.15) is 0 Å². The lowest BCUT2D eigenvalue weighted by Crippen LogP contribution is -2.52. The number of hydrogen-bond donors (Lipinski definition) is 0. The van der Waals surface area contributed by atoms with Crippen molar-refractivity contribution < 1.29 is 0 Å². The van der Waals surface area contributed by atoms with Gasteiger partial charge in [0.15, 0.2) is 0 Å². The van der Waals surface area contributed by atoms with Gasteiger partial charge >= 0.3 is 0 Å². The Morgan fingerprint density at radius 2 is 1.64 bits per heavy atom. The Morgan fingerprint density at radius 1 is 0.964 bits per heavy atom. The SMILES string of the molecule is CCc1ccccc1CC(C)CN1CCN(Cc2c(C)cccc2C)CC1C. The summed E-state index contributed by atoms with van der Waals surface area (Å²) in [6.07, 6.45) is 2.33. The molecule has 152 valence electrons. The fourth-order valence-electron chi connectivity index (χ4n) is 4.75. The zero-order valence-corrected chi connectivity index (χ0v) is 18.5. The molecule has 1 heterocycles. The van der Waals surface area contributed by atoms with Crippen LogP contribution in [-0.2, 0) is 19.4 Å². The molecule has 0 aliphatic carbocycles. The van der Waals surface area contributed by atoms with E-state index in [1.807, 2.05) is 0 Å². The van der Waals surface area contributed by atoms with Gasteiger partial charge in [-0.3, -0.25) is 9.80 Å². The van der Waals surface area contributed by atoms with E-state index >= 15 is 0 Å². The van der Waals surface area contributed by atoms with Crippen molar-refractivity contribution in [1.82, 2.24) is 9.80 Å². The number of rotatable bonds is 7. The molecule has 1 fully saturated rings. The first kappa shape index (κ1) is 21.1. The molecule has 3 rings (SSSR count). The molecular weight excluding hydrogens is 340 g/mol. The predicted molar refractivity (Wildman–Crippen MR) is 121 cm³/mol. The Morgan fingerprint density at radius 3 is 2.29 bits per heavy atom. The van der Waals surface area contributed by atoms with Crippen molar-refractivity contribution in [2.75, 3.05) is 26.2 Å². The van der Waals surface area contributed by atoms with Crippen LogP contribution >= 0.6 is 0 Å². The first-order valence-corrected chi connectivity index (χ1v) is 11.1. The van der Waals surface area contributed by atoms with Gasteiger partial charge in [0.05, 0.1) is 0 Å². The second-order valence-corrected chi connectivity index (χ2v) is 8.88. The summed E-state index contributed by atoms with van der Waals surface area (Å²) in [5.74, 6) is 0.695. The average Bonchev–Trinajstić information content (AvgIpc) is 2.67. The third-order valence-electron chi connectivity index (χ3n) is 6.49. The van der Waals surface area contributed by atoms with E-state index in [1.165, 1.54) is 54.9 Å². The van der Waals surface area contributed by atoms with Crippen molar-refractivity contribution in [3.05, 3.63) is 70.3 Å². The van der Waals surface area contributed by atoms with Gasteiger partial charge in [-0.1, -0.05) is 56.3 Å². The summed E-state index contributed by atoms with van der Waals surface area (Å²) in [6, 6.07) is 16.3. The third kappa shape index (κ3) is 5.24. The Kier molecular flexibility index (Phi) is 7.31. The molecule has 0 spiro atoms. The molecule has 2 aromatic carbocycles. The molecule has 2 aromatic rings. The molecule has 2 unspecified atom stereocenters. The molecule has 2 heteroatoms. The van der Waals surface area contributed by atoms with Crippen molar-refractivity contribution in [3.8, 4) is 0 Å². The molecule has 0 N–H and O–H groups in total. The Hall–Kier alpha value is -1.64. The van der Waals surface area contributed by atoms with E-state index in [2.05, 4.69) is 86.9 Å². The molecule has 0 bridgehead atoms. The molecule has 0 saturated carbocycles. The van der Waals surface area contributed by atoms with Gasteiger partial charge in [-0.25, -0.2) is 0 Å². The number of hydrogen-bond acceptors (Lipinski definition) is 2. The molecule has 1 saturated heterocycles. The minimum atomic E-state index is 0.627. The molecule has 0 radical (unpaired) electrons. The summed E-state index contributed by atoms with van der Waals surface area (Å²) in [4.78, 5) is 5.36. The Bertz CT molecular complexity index is 747. The van der Waals surface area contributed by atoms with E-state index in [-0.39, 0.29) is 0 Å². The maximum absolute atomic E-state index is 2.71. The first-order chi connectivity index (χ1) is 13.5. The van der Waals surface area contributed by atoms with E-state index in [9.17, 15) is 0 Å². The van der Waals surface area contributed by atoms with Crippen molar-refractivity contribution in [3.63, 3.8) is 0 Å². The van der Waals surface area contributed by atoms with Crippen LogP contribution in [0.1, 0.15) is 48.6 Å². The fourth-order valence-corrected chi connectivity index (χ4v) is 4.75. The van der Waals surface area contributed by atoms with Crippen molar-refractivity contribution in [1.29, 1.82) is 0 Å². The van der Waals surface area contributed by atoms with Crippen LogP contribution in [0.2, 0.25) is 0 Å². The van der Waals surface area contributed by atoms with E-state index in [1.54, 1.807) is 5.56 Å². The molecule has 1 aliphatic heterocycles. The van der Waals surface area contributed by atoms with Crippen LogP contribution in [0.5, 0.6) is 0 Å². The van der Waals surface area contributed by atoms with Crippen molar-refractivity contribution >= 4 is 0 Å². The quantitative estimate of drug-likeness (QED) is 0.649. The maximum atomic E-state index is 2.71. The van der Waals surface area contributed by atoms with E-state index < -0.39 is 0 Å². The zero-order valence-electron chi connectivity index (χ0n) is 18.5. The van der Waals surface area contributed by atoms with E-state index in [0.717, 1.165) is 13.0 Å². The van der Waals surface area contributed by atoms with Gasteiger partial charge in [0, 0.05) is 38.8 Å². The monoisotopic (exact) mass is 378 g/mol. The summed E-state index contributed by atoms with van der Waals surface area (Å²) in [7, 11) is 0. The Balaban J connectivity index is 1.54. The maximum Gasteiger partial charge on any atom is 0.0240 e. The highest BCUT2D eigenvalue weighted by molar-refractivity contribution is 5.33. The van der Waals surface area contributed by atoms with Crippen LogP contribution in [0.3, 0.4) is 0 Å². The summed E-state index contributed by atoms with van der Waals surface area (Å²) in [5, 5.41) is 0. The van der Waals surface area contributed by atoms with Crippen LogP contribution in [0.25, 0.3) is 0 Å². The number of aryl methyl sites for hydroxylation is 3. The van der Waals surface area contributed by atoms with Gasteiger partial charge < -0.3 is 0 Å². The standard InChI is InChI=1S/C26H38N2/c1-6-24-12-7-8-13-25(24)16-20(2)17-28-15-14-27(18-23(28)5)19-26-21(3)10-9-11-22(26)4/h7-13,20,23H,6,14-19H2,1-5H3. The smallest absolute Gasteiger partial charge is 0.0240 e. The molecule has 2 atom stereocenters. The van der Waals surface area contributed by atoms with E-state index in [0.29, 0.717) is 12.0 Å². The topological polar surface area (TPSA) is 6.48 Å². The zero-order chi connectivity index (χ0) is 20.1. The highest BCUT2D eigenvalue weighted by Crippen LogP contribution is 2.21. The molecule has 0 aromatic heterocycles. The van der Waals surface area contributed by atoms with Crippen LogP contribution in [-0.4, -0.2) is 42.0 Å². The summed E-state index contributed by atoms with van der Waals surface area (Å²) < 4.78 is 0. The molecule has 2 nitrogen and oxygen atoms in total. The summed E-state index contributed by atoms with van der Waals surface area (Å²) in [5.41, 5.74) is 7.43. The molecule has 1 aliphatic rings. The lowest BCUT2D eigenvalue weighted by Gasteiger charge is -2.41. The minimum absolute atomic E-state index is 0.627. The summed E-state index contributed by atoms with van der Waals surface area (Å²) >= 11 is 0. The van der Waals surface area contributed by atoms with Gasteiger partial charge in [0.2, 0.25) is 0 Å². The lowest BCUT2D eigenvalue weighted by molar-refractivity contribution is 0.0681. The van der Waals surface area contributed by atoms with E-state index in [4.69, 9.17) is 0 Å². The molecule has 28 heavy (non-hydrogen) atoms. The first-order valence-electron chi connectivity index (χ1n) is 11.1. The van der Waals surface area contributed by atoms with Crippen LogP contribution in [0, 0.1) is 19.8 Å². The third-order valence-corrected chi connectivity index (χ3v) is 6.49. The molecule has 0 amide bonds. The van der Waals surface area contributed by atoms with Crippen LogP contribution in [0.15, 0.2) is 42.5 Å². The highest BCUT2D eigenvalue weighted by atomic mass is 15.3. The second-order valence-electron chi connectivity index (χ2n) is 8.88. The number of nitrogens with zero attached hydrogens (tertiary/aromatic N) is 2. The molecular formula is C26H38N2. The fraction of sp³-hybridized carbons (Fsp3) is 0.538. The van der Waals surface area contributed by atoms with Gasteiger partial charge in [-0.15, -0.1) is 0 Å². The van der Waals surface area contributed by atoms with Gasteiger partial charge in [0.25, 0.3) is 0 Å². The number of benzene rings is 2. The number of piperazine rings is 1. The largest absolute Gasteiger partial charge is 0.298 e. The van der Waals surface area contributed by atoms with Crippen molar-refractivity contribution in [2.45, 2.75) is 60.0 Å². The predicted octanol–water partition coefficient (Wildman–Crippen LogP) is 5.25. The summed E-state index contributed by atoms with van der Waals surface area (Å²) in [6.45, 7) is 17.4. The average molecular weight is 379 g/mol. The Labute approximate surface area is 172 Å². The van der Waals surface area contributed by atoms with Crippen molar-refractivity contribution in [2.24, 2.45) is 5.92 Å². The lowest BCUT2D eigenvalue weighted by atomic mass is 9.94. The normalized spacial score (nSPS) is 19.7. The van der Waals surface area contributed by atoms with Gasteiger partial charge in [-0.05, 0) is 67.3 Å². The second kappa shape index (κ2) is 9.71. The van der Waals surface area contributed by atoms with Crippen LogP contribution in [0.4, 0.5) is 0 Å². The van der Waals surface area contributed by atoms with Gasteiger partial charge in [-0.2, -0.15) is 0 Å². The van der Waals surface area contributed by atoms with Crippen LogP contribution < -0.4 is 0 Å². The minimum Gasteiger partial charge on any atom is -0.298 e.